The summed E-state index contributed by atoms with van der Waals surface area (Å²) in [5.41, 5.74) is 3.48. The molecule has 0 aromatic carbocycles. The number of allylic oxidation sites excluding steroid dienone is 3. The smallest absolute Gasteiger partial charge is 0.242 e. The van der Waals surface area contributed by atoms with Gasteiger partial charge < -0.3 is 15.1 Å². The molecule has 1 aliphatic heterocycles. The summed E-state index contributed by atoms with van der Waals surface area (Å²) in [6, 6.07) is 0. The summed E-state index contributed by atoms with van der Waals surface area (Å²) in [5, 5.41) is 20.8. The third-order valence-corrected chi connectivity index (χ3v) is 9.97. The first-order valence-corrected chi connectivity index (χ1v) is 13.6. The van der Waals surface area contributed by atoms with Crippen molar-refractivity contribution < 1.29 is 19.0 Å². The second-order valence-corrected chi connectivity index (χ2v) is 12.1. The lowest BCUT2D eigenvalue weighted by Gasteiger charge is -2.45. The zero-order valence-corrected chi connectivity index (χ0v) is 21.4. The van der Waals surface area contributed by atoms with Gasteiger partial charge in [-0.3, -0.25) is 0 Å². The molecule has 8 atom stereocenters. The van der Waals surface area contributed by atoms with E-state index in [0.717, 1.165) is 37.1 Å². The van der Waals surface area contributed by atoms with Crippen LogP contribution < -0.4 is 0 Å². The first kappa shape index (κ1) is 26.0. The van der Waals surface area contributed by atoms with Gasteiger partial charge in [0.05, 0.1) is 12.2 Å². The van der Waals surface area contributed by atoms with Crippen LogP contribution in [0.1, 0.15) is 72.1 Å². The molecule has 1 unspecified atom stereocenters. The van der Waals surface area contributed by atoms with Crippen LogP contribution in [-0.4, -0.2) is 53.4 Å². The van der Waals surface area contributed by atoms with E-state index < -0.39 is 24.6 Å². The predicted octanol–water partition coefficient (Wildman–Crippen LogP) is 5.99. The molecule has 0 aromatic heterocycles. The van der Waals surface area contributed by atoms with E-state index in [9.17, 15) is 19.0 Å². The Balaban J connectivity index is 1.45. The van der Waals surface area contributed by atoms with Gasteiger partial charge in [0, 0.05) is 24.9 Å². The van der Waals surface area contributed by atoms with Crippen molar-refractivity contribution in [2.45, 2.75) is 90.8 Å². The molecule has 0 bridgehead atoms. The molecule has 4 fully saturated rings. The summed E-state index contributed by atoms with van der Waals surface area (Å²) in [5.74, 6) is 1.05. The number of hydrogen-bond donors (Lipinski definition) is 2. The van der Waals surface area contributed by atoms with Crippen molar-refractivity contribution in [1.29, 1.82) is 0 Å². The molecule has 0 aromatic rings. The number of nitrogens with zero attached hydrogens (tertiary/aromatic N) is 1. The Kier molecular flexibility index (Phi) is 8.06. The molecule has 0 spiro atoms. The van der Waals surface area contributed by atoms with E-state index in [1.807, 2.05) is 6.92 Å². The highest BCUT2D eigenvalue weighted by molar-refractivity contribution is 5.39. The Morgan fingerprint density at radius 1 is 1.18 bits per heavy atom. The van der Waals surface area contributed by atoms with Crippen molar-refractivity contribution in [3.8, 4) is 0 Å². The fraction of sp³-hybridized carbons (Fsp3) is 0.793. The Bertz CT molecular complexity index is 808. The molecule has 5 heteroatoms. The fourth-order valence-corrected chi connectivity index (χ4v) is 7.85. The zero-order valence-electron chi connectivity index (χ0n) is 21.4. The van der Waals surface area contributed by atoms with Gasteiger partial charge in [-0.2, -0.15) is 0 Å². The van der Waals surface area contributed by atoms with Crippen LogP contribution >= 0.6 is 0 Å². The van der Waals surface area contributed by atoms with E-state index in [1.165, 1.54) is 31.3 Å². The summed E-state index contributed by atoms with van der Waals surface area (Å²) >= 11 is 0. The van der Waals surface area contributed by atoms with Crippen LogP contribution in [0.15, 0.2) is 35.5 Å². The number of halogens is 2. The number of aliphatic hydroxyl groups is 2. The molecule has 3 saturated carbocycles. The van der Waals surface area contributed by atoms with Crippen molar-refractivity contribution >= 4 is 0 Å². The van der Waals surface area contributed by atoms with Gasteiger partial charge in [-0.15, -0.1) is 0 Å². The van der Waals surface area contributed by atoms with E-state index in [4.69, 9.17) is 0 Å². The summed E-state index contributed by atoms with van der Waals surface area (Å²) < 4.78 is 26.6. The Hall–Kier alpha value is -1.04. The van der Waals surface area contributed by atoms with Crippen molar-refractivity contribution in [3.63, 3.8) is 0 Å². The maximum atomic E-state index is 13.3. The molecule has 4 aliphatic rings. The third kappa shape index (κ3) is 5.08. The first-order valence-electron chi connectivity index (χ1n) is 13.6. The Morgan fingerprint density at radius 3 is 2.68 bits per heavy atom. The molecule has 1 heterocycles. The average molecular weight is 478 g/mol. The summed E-state index contributed by atoms with van der Waals surface area (Å²) in [6.45, 7) is 13.2. The largest absolute Gasteiger partial charge is 0.392 e. The highest BCUT2D eigenvalue weighted by atomic mass is 19.3. The molecular weight excluding hydrogens is 432 g/mol. The van der Waals surface area contributed by atoms with Gasteiger partial charge in [0.2, 0.25) is 6.43 Å². The molecular formula is C29H45F2NO2. The van der Waals surface area contributed by atoms with Gasteiger partial charge in [-0.05, 0) is 92.2 Å². The number of alkyl halides is 2. The molecule has 34 heavy (non-hydrogen) atoms. The van der Waals surface area contributed by atoms with Gasteiger partial charge in [-0.25, -0.2) is 8.78 Å². The summed E-state index contributed by atoms with van der Waals surface area (Å²) in [7, 11) is 0. The monoisotopic (exact) mass is 477 g/mol. The number of piperidine rings is 1. The number of aliphatic hydroxyl groups excluding tert-OH is 2. The molecule has 192 valence electrons. The molecule has 4 rings (SSSR count). The van der Waals surface area contributed by atoms with Gasteiger partial charge in [0.25, 0.3) is 0 Å². The van der Waals surface area contributed by atoms with Crippen LogP contribution in [0, 0.1) is 35.0 Å². The van der Waals surface area contributed by atoms with Crippen LogP contribution in [-0.2, 0) is 0 Å². The lowest BCUT2D eigenvalue weighted by Crippen LogP contribution is -2.44. The van der Waals surface area contributed by atoms with Gasteiger partial charge >= 0.3 is 0 Å². The number of rotatable bonds is 5. The standard InChI is InChI=1S/C29H45F2NO2/c1-18(16-32-14-6-8-23(17-32)28(30)31)24-11-12-25-21(7-5-13-29(24,25)4)9-10-22-15-26(33)20(3)27(34)19(22)2/h9-10,18,20,23-28,33-34H,2,5-8,11-17H2,1,3-4H3/b21-9+,22-10-/t18?,20-,23-,24+,25-,26+,27+,29+/m0/s1. The van der Waals surface area contributed by atoms with Crippen molar-refractivity contribution in [2.24, 2.45) is 35.0 Å². The molecule has 1 saturated heterocycles. The predicted molar refractivity (Wildman–Crippen MR) is 134 cm³/mol. The van der Waals surface area contributed by atoms with E-state index >= 15 is 0 Å². The van der Waals surface area contributed by atoms with Crippen LogP contribution in [0.4, 0.5) is 8.78 Å². The Labute approximate surface area is 205 Å². The van der Waals surface area contributed by atoms with E-state index in [0.29, 0.717) is 37.1 Å². The lowest BCUT2D eigenvalue weighted by atomic mass is 9.61. The quantitative estimate of drug-likeness (QED) is 0.511. The normalized spacial score (nSPS) is 43.0. The van der Waals surface area contributed by atoms with Gasteiger partial charge in [0.15, 0.2) is 0 Å². The molecule has 0 amide bonds. The first-order chi connectivity index (χ1) is 16.1. The van der Waals surface area contributed by atoms with Crippen molar-refractivity contribution in [1.82, 2.24) is 4.90 Å². The minimum absolute atomic E-state index is 0.178. The third-order valence-electron chi connectivity index (χ3n) is 9.97. The second-order valence-electron chi connectivity index (χ2n) is 12.1. The number of likely N-dealkylation sites (tertiary alicyclic amines) is 1. The van der Waals surface area contributed by atoms with Gasteiger partial charge in [0.1, 0.15) is 0 Å². The summed E-state index contributed by atoms with van der Waals surface area (Å²) in [6.07, 6.45) is 9.02. The molecule has 2 N–H and O–H groups in total. The Morgan fingerprint density at radius 2 is 1.94 bits per heavy atom. The van der Waals surface area contributed by atoms with Crippen LogP contribution in [0.3, 0.4) is 0 Å². The highest BCUT2D eigenvalue weighted by Gasteiger charge is 2.51. The van der Waals surface area contributed by atoms with Crippen molar-refractivity contribution in [2.75, 3.05) is 19.6 Å². The lowest BCUT2D eigenvalue weighted by molar-refractivity contribution is 0.0132. The van der Waals surface area contributed by atoms with E-state index in [-0.39, 0.29) is 11.3 Å². The number of hydrogen-bond acceptors (Lipinski definition) is 3. The van der Waals surface area contributed by atoms with Gasteiger partial charge in [-0.1, -0.05) is 45.1 Å². The molecule has 0 radical (unpaired) electrons. The second kappa shape index (κ2) is 10.5. The maximum Gasteiger partial charge on any atom is 0.242 e. The average Bonchev–Trinajstić information content (AvgIpc) is 3.17. The highest BCUT2D eigenvalue weighted by Crippen LogP contribution is 2.59. The summed E-state index contributed by atoms with van der Waals surface area (Å²) in [4.78, 5) is 2.30. The fourth-order valence-electron chi connectivity index (χ4n) is 7.85. The minimum atomic E-state index is -2.20. The topological polar surface area (TPSA) is 43.7 Å². The zero-order chi connectivity index (χ0) is 24.6. The van der Waals surface area contributed by atoms with Crippen molar-refractivity contribution in [3.05, 3.63) is 35.5 Å². The van der Waals surface area contributed by atoms with Crippen LogP contribution in [0.5, 0.6) is 0 Å². The maximum absolute atomic E-state index is 13.3. The van der Waals surface area contributed by atoms with E-state index in [1.54, 1.807) is 0 Å². The molecule has 3 nitrogen and oxygen atoms in total. The van der Waals surface area contributed by atoms with Crippen LogP contribution in [0.2, 0.25) is 0 Å². The minimum Gasteiger partial charge on any atom is -0.392 e. The van der Waals surface area contributed by atoms with Crippen LogP contribution in [0.25, 0.3) is 0 Å². The van der Waals surface area contributed by atoms with E-state index in [2.05, 4.69) is 37.5 Å². The molecule has 3 aliphatic carbocycles. The SMILES string of the molecule is C=C1/C(=C\C=C2/CCC[C@]3(C)[C@@H](C(C)CN4CCC[C@H](C(F)F)C4)CC[C@@H]23)C[C@@H](O)[C@H](C)[C@@H]1O. The number of fused-ring (bicyclic) bond motifs is 1.